The summed E-state index contributed by atoms with van der Waals surface area (Å²) >= 11 is 1.17. The van der Waals surface area contributed by atoms with Crippen LogP contribution in [-0.2, 0) is 0 Å². The molecule has 0 fully saturated rings. The van der Waals surface area contributed by atoms with Crippen LogP contribution >= 0.6 is 11.8 Å². The minimum absolute atomic E-state index is 0.378. The molecule has 0 heterocycles. The third kappa shape index (κ3) is 3.19. The highest BCUT2D eigenvalue weighted by Crippen LogP contribution is 2.34. The molecule has 1 rings (SSSR count). The summed E-state index contributed by atoms with van der Waals surface area (Å²) in [5, 5.41) is 0. The number of anilines is 1. The molecule has 2 nitrogen and oxygen atoms in total. The third-order valence-corrected chi connectivity index (χ3v) is 2.21. The SMILES string of the molecule is CSc1cc(N)c(OC(F)(F)F)c(F)c1. The van der Waals surface area contributed by atoms with E-state index in [-0.39, 0.29) is 5.69 Å². The van der Waals surface area contributed by atoms with Crippen molar-refractivity contribution in [2.45, 2.75) is 11.3 Å². The summed E-state index contributed by atoms with van der Waals surface area (Å²) in [5.41, 5.74) is 4.85. The minimum atomic E-state index is -4.95. The number of hydrogen-bond acceptors (Lipinski definition) is 3. The number of hydrogen-bond donors (Lipinski definition) is 1. The Balaban J connectivity index is 3.09. The van der Waals surface area contributed by atoms with Gasteiger partial charge in [-0.15, -0.1) is 24.9 Å². The van der Waals surface area contributed by atoms with E-state index in [4.69, 9.17) is 5.73 Å². The number of benzene rings is 1. The lowest BCUT2D eigenvalue weighted by Crippen LogP contribution is -2.19. The van der Waals surface area contributed by atoms with Crippen LogP contribution in [0.15, 0.2) is 17.0 Å². The zero-order valence-corrected chi connectivity index (χ0v) is 8.38. The van der Waals surface area contributed by atoms with Crippen molar-refractivity contribution in [2.75, 3.05) is 12.0 Å². The van der Waals surface area contributed by atoms with Crippen molar-refractivity contribution in [3.8, 4) is 5.75 Å². The highest BCUT2D eigenvalue weighted by Gasteiger charge is 2.33. The van der Waals surface area contributed by atoms with Crippen molar-refractivity contribution in [3.63, 3.8) is 0 Å². The van der Waals surface area contributed by atoms with Crippen molar-refractivity contribution in [1.29, 1.82) is 0 Å². The average Bonchev–Trinajstić information content (AvgIpc) is 2.09. The standard InChI is InChI=1S/C8H7F4NOS/c1-15-4-2-5(9)7(6(13)3-4)14-8(10,11)12/h2-3H,13H2,1H3. The molecular formula is C8H7F4NOS. The number of nitrogens with two attached hydrogens (primary N) is 1. The first-order valence-corrected chi connectivity index (χ1v) is 4.94. The van der Waals surface area contributed by atoms with Crippen molar-refractivity contribution in [2.24, 2.45) is 0 Å². The van der Waals surface area contributed by atoms with Crippen LogP contribution in [0, 0.1) is 5.82 Å². The molecule has 0 spiro atoms. The van der Waals surface area contributed by atoms with Gasteiger partial charge in [0.05, 0.1) is 5.69 Å². The lowest BCUT2D eigenvalue weighted by atomic mass is 10.3. The normalized spacial score (nSPS) is 11.5. The van der Waals surface area contributed by atoms with Gasteiger partial charge in [0.1, 0.15) is 0 Å². The van der Waals surface area contributed by atoms with Crippen LogP contribution in [0.3, 0.4) is 0 Å². The zero-order chi connectivity index (χ0) is 11.6. The highest BCUT2D eigenvalue weighted by atomic mass is 32.2. The zero-order valence-electron chi connectivity index (χ0n) is 7.56. The predicted molar refractivity (Wildman–Crippen MR) is 49.3 cm³/mol. The maximum atomic E-state index is 13.1. The average molecular weight is 241 g/mol. The van der Waals surface area contributed by atoms with E-state index < -0.39 is 17.9 Å². The lowest BCUT2D eigenvalue weighted by Gasteiger charge is -2.12. The van der Waals surface area contributed by atoms with E-state index in [1.54, 1.807) is 6.26 Å². The number of alkyl halides is 3. The number of nitrogen functional groups attached to an aromatic ring is 1. The van der Waals surface area contributed by atoms with Crippen molar-refractivity contribution >= 4 is 17.4 Å². The molecule has 15 heavy (non-hydrogen) atoms. The highest BCUT2D eigenvalue weighted by molar-refractivity contribution is 7.98. The summed E-state index contributed by atoms with van der Waals surface area (Å²) in [6.45, 7) is 0. The Bertz CT molecular complexity index is 343. The van der Waals surface area contributed by atoms with Gasteiger partial charge in [-0.05, 0) is 18.4 Å². The van der Waals surface area contributed by atoms with Gasteiger partial charge in [0.2, 0.25) is 0 Å². The van der Waals surface area contributed by atoms with E-state index in [0.29, 0.717) is 4.90 Å². The molecule has 0 atom stereocenters. The van der Waals surface area contributed by atoms with E-state index in [1.165, 1.54) is 17.8 Å². The molecule has 0 unspecified atom stereocenters. The number of rotatable bonds is 2. The van der Waals surface area contributed by atoms with Gasteiger partial charge in [-0.1, -0.05) is 0 Å². The van der Waals surface area contributed by atoms with Crippen LogP contribution in [0.25, 0.3) is 0 Å². The molecule has 0 amide bonds. The van der Waals surface area contributed by atoms with Crippen LogP contribution in [0.4, 0.5) is 23.2 Å². The quantitative estimate of drug-likeness (QED) is 0.491. The topological polar surface area (TPSA) is 35.2 Å². The largest absolute Gasteiger partial charge is 0.573 e. The Morgan fingerprint density at radius 2 is 1.93 bits per heavy atom. The van der Waals surface area contributed by atoms with Crippen LogP contribution in [-0.4, -0.2) is 12.6 Å². The van der Waals surface area contributed by atoms with E-state index in [2.05, 4.69) is 4.74 Å². The Hall–Kier alpha value is -1.11. The number of thioether (sulfide) groups is 1. The summed E-state index contributed by atoms with van der Waals surface area (Å²) < 4.78 is 52.1. The molecule has 0 saturated carbocycles. The maximum Gasteiger partial charge on any atom is 0.573 e. The van der Waals surface area contributed by atoms with E-state index in [0.717, 1.165) is 6.07 Å². The monoisotopic (exact) mass is 241 g/mol. The Morgan fingerprint density at radius 1 is 1.33 bits per heavy atom. The second kappa shape index (κ2) is 4.18. The summed E-state index contributed by atoms with van der Waals surface area (Å²) in [7, 11) is 0. The smallest absolute Gasteiger partial charge is 0.400 e. The van der Waals surface area contributed by atoms with Crippen LogP contribution in [0.2, 0.25) is 0 Å². The molecular weight excluding hydrogens is 234 g/mol. The third-order valence-electron chi connectivity index (χ3n) is 1.50. The molecule has 0 bridgehead atoms. The number of ether oxygens (including phenoxy) is 1. The Labute approximate surface area is 87.4 Å². The van der Waals surface area contributed by atoms with E-state index in [9.17, 15) is 17.6 Å². The second-order valence-electron chi connectivity index (χ2n) is 2.58. The van der Waals surface area contributed by atoms with Gasteiger partial charge in [-0.2, -0.15) is 0 Å². The molecule has 1 aromatic carbocycles. The summed E-state index contributed by atoms with van der Waals surface area (Å²) in [6, 6.07) is 2.15. The fourth-order valence-corrected chi connectivity index (χ4v) is 1.40. The molecule has 2 N–H and O–H groups in total. The number of halogens is 4. The molecule has 84 valence electrons. The van der Waals surface area contributed by atoms with Crippen molar-refractivity contribution < 1.29 is 22.3 Å². The first kappa shape index (κ1) is 12.0. The molecule has 0 aromatic heterocycles. The van der Waals surface area contributed by atoms with Crippen molar-refractivity contribution in [3.05, 3.63) is 17.9 Å². The van der Waals surface area contributed by atoms with Gasteiger partial charge < -0.3 is 10.5 Å². The molecule has 0 saturated heterocycles. The summed E-state index contributed by atoms with van der Waals surface area (Å²) in [5.74, 6) is -2.11. The Morgan fingerprint density at radius 3 is 2.33 bits per heavy atom. The van der Waals surface area contributed by atoms with Crippen molar-refractivity contribution in [1.82, 2.24) is 0 Å². The summed E-state index contributed by atoms with van der Waals surface area (Å²) in [4.78, 5) is 0.430. The molecule has 0 aliphatic carbocycles. The molecule has 1 aromatic rings. The fourth-order valence-electron chi connectivity index (χ4n) is 0.930. The first-order valence-electron chi connectivity index (χ1n) is 3.72. The van der Waals surface area contributed by atoms with Gasteiger partial charge >= 0.3 is 6.36 Å². The van der Waals surface area contributed by atoms with Gasteiger partial charge in [0, 0.05) is 4.90 Å². The van der Waals surface area contributed by atoms with Gasteiger partial charge in [-0.3, -0.25) is 0 Å². The first-order chi connectivity index (χ1) is 6.83. The maximum absolute atomic E-state index is 13.1. The molecule has 0 aliphatic rings. The second-order valence-corrected chi connectivity index (χ2v) is 3.46. The lowest BCUT2D eigenvalue weighted by molar-refractivity contribution is -0.275. The minimum Gasteiger partial charge on any atom is -0.400 e. The van der Waals surface area contributed by atoms with Crippen LogP contribution < -0.4 is 10.5 Å². The van der Waals surface area contributed by atoms with Crippen LogP contribution in [0.1, 0.15) is 0 Å². The van der Waals surface area contributed by atoms with E-state index >= 15 is 0 Å². The predicted octanol–water partition coefficient (Wildman–Crippen LogP) is 3.03. The fraction of sp³-hybridized carbons (Fsp3) is 0.250. The molecule has 0 aliphatic heterocycles. The Kier molecular flexibility index (Phi) is 3.33. The van der Waals surface area contributed by atoms with Gasteiger partial charge in [0.25, 0.3) is 0 Å². The summed E-state index contributed by atoms with van der Waals surface area (Å²) in [6.07, 6.45) is -3.30. The molecule has 7 heteroatoms. The van der Waals surface area contributed by atoms with E-state index in [1.807, 2.05) is 0 Å². The van der Waals surface area contributed by atoms with Crippen LogP contribution in [0.5, 0.6) is 5.75 Å². The van der Waals surface area contributed by atoms with Gasteiger partial charge in [0.15, 0.2) is 11.6 Å². The van der Waals surface area contributed by atoms with Gasteiger partial charge in [-0.25, -0.2) is 4.39 Å². The molecule has 0 radical (unpaired) electrons.